The van der Waals surface area contributed by atoms with Crippen LogP contribution in [0.4, 0.5) is 0 Å². The predicted molar refractivity (Wildman–Crippen MR) is 124 cm³/mol. The Morgan fingerprint density at radius 2 is 1.87 bits per heavy atom. The van der Waals surface area contributed by atoms with E-state index in [0.29, 0.717) is 18.8 Å². The van der Waals surface area contributed by atoms with Gasteiger partial charge in [-0.3, -0.25) is 14.6 Å². The maximum Gasteiger partial charge on any atom is 0.222 e. The van der Waals surface area contributed by atoms with Gasteiger partial charge in [0.05, 0.1) is 0 Å². The molecule has 2 aromatic rings. The Morgan fingerprint density at radius 3 is 2.58 bits per heavy atom. The minimum absolute atomic E-state index is 0.153. The van der Waals surface area contributed by atoms with Crippen LogP contribution in [-0.4, -0.2) is 40.8 Å². The molecule has 0 bridgehead atoms. The Labute approximate surface area is 186 Å². The first-order valence-electron chi connectivity index (χ1n) is 11.6. The summed E-state index contributed by atoms with van der Waals surface area (Å²) in [5.41, 5.74) is 3.47. The third-order valence-corrected chi connectivity index (χ3v) is 6.14. The number of carbonyl (C=O) groups excluding carboxylic acids is 2. The zero-order valence-corrected chi connectivity index (χ0v) is 18.8. The topological polar surface area (TPSA) is 62.3 Å². The second-order valence-electron chi connectivity index (χ2n) is 8.72. The lowest BCUT2D eigenvalue weighted by Crippen LogP contribution is -2.40. The highest BCUT2D eigenvalue weighted by Gasteiger charge is 2.24. The zero-order valence-electron chi connectivity index (χ0n) is 18.8. The predicted octanol–water partition coefficient (Wildman–Crippen LogP) is 4.61. The monoisotopic (exact) mass is 421 g/mol. The summed E-state index contributed by atoms with van der Waals surface area (Å²) in [7, 11) is 0. The fraction of sp³-hybridized carbons (Fsp3) is 0.500. The molecule has 0 aliphatic carbocycles. The van der Waals surface area contributed by atoms with Crippen molar-refractivity contribution in [3.63, 3.8) is 0 Å². The van der Waals surface area contributed by atoms with E-state index in [1.54, 1.807) is 12.4 Å². The van der Waals surface area contributed by atoms with Crippen LogP contribution >= 0.6 is 0 Å². The first-order valence-corrected chi connectivity index (χ1v) is 11.6. The molecule has 1 atom stereocenters. The molecule has 0 unspecified atom stereocenters. The number of hydrogen-bond acceptors (Lipinski definition) is 3. The molecule has 2 amide bonds. The van der Waals surface area contributed by atoms with Crippen LogP contribution in [0.2, 0.25) is 0 Å². The summed E-state index contributed by atoms with van der Waals surface area (Å²) in [6.07, 6.45) is 9.37. The average molecular weight is 422 g/mol. The third-order valence-electron chi connectivity index (χ3n) is 6.14. The number of benzene rings is 1. The number of piperidine rings is 1. The van der Waals surface area contributed by atoms with Gasteiger partial charge in [0.15, 0.2) is 0 Å². The van der Waals surface area contributed by atoms with Gasteiger partial charge in [-0.1, -0.05) is 37.6 Å². The fourth-order valence-corrected chi connectivity index (χ4v) is 4.35. The average Bonchev–Trinajstić information content (AvgIpc) is 2.79. The lowest BCUT2D eigenvalue weighted by molar-refractivity contribution is -0.132. The van der Waals surface area contributed by atoms with E-state index in [2.05, 4.69) is 42.3 Å². The van der Waals surface area contributed by atoms with Gasteiger partial charge >= 0.3 is 0 Å². The number of nitrogens with one attached hydrogen (secondary N) is 1. The number of pyridine rings is 1. The Bertz CT molecular complexity index is 845. The van der Waals surface area contributed by atoms with Crippen molar-refractivity contribution in [2.45, 2.75) is 64.8 Å². The van der Waals surface area contributed by atoms with Crippen molar-refractivity contribution >= 4 is 11.8 Å². The van der Waals surface area contributed by atoms with Gasteiger partial charge in [0.1, 0.15) is 0 Å². The van der Waals surface area contributed by atoms with Crippen molar-refractivity contribution in [1.82, 2.24) is 15.2 Å². The van der Waals surface area contributed by atoms with E-state index in [-0.39, 0.29) is 17.9 Å². The number of carbonyl (C=O) groups is 2. The molecule has 31 heavy (non-hydrogen) atoms. The number of hydrogen-bond donors (Lipinski definition) is 1. The number of aryl methyl sites for hydroxylation is 1. The number of aromatic nitrogens is 1. The summed E-state index contributed by atoms with van der Waals surface area (Å²) < 4.78 is 0. The van der Waals surface area contributed by atoms with Crippen LogP contribution in [0.25, 0.3) is 11.1 Å². The van der Waals surface area contributed by atoms with Gasteiger partial charge in [0.2, 0.25) is 11.8 Å². The van der Waals surface area contributed by atoms with E-state index in [4.69, 9.17) is 0 Å². The molecule has 0 saturated carbocycles. The van der Waals surface area contributed by atoms with Crippen LogP contribution in [0, 0.1) is 5.92 Å². The number of likely N-dealkylation sites (tertiary alicyclic amines) is 1. The molecule has 1 fully saturated rings. The molecular weight excluding hydrogens is 386 g/mol. The van der Waals surface area contributed by atoms with Gasteiger partial charge in [0.25, 0.3) is 0 Å². The quantitative estimate of drug-likeness (QED) is 0.643. The van der Waals surface area contributed by atoms with E-state index in [9.17, 15) is 9.59 Å². The maximum atomic E-state index is 12.7. The largest absolute Gasteiger partial charge is 0.354 e. The van der Waals surface area contributed by atoms with E-state index < -0.39 is 0 Å². The molecule has 166 valence electrons. The number of rotatable bonds is 9. The van der Waals surface area contributed by atoms with Crippen molar-refractivity contribution < 1.29 is 9.59 Å². The molecule has 1 aromatic carbocycles. The number of amides is 2. The Morgan fingerprint density at radius 1 is 1.13 bits per heavy atom. The van der Waals surface area contributed by atoms with Crippen LogP contribution in [0.15, 0.2) is 48.8 Å². The Kier molecular flexibility index (Phi) is 8.63. The molecule has 3 rings (SSSR count). The van der Waals surface area contributed by atoms with Gasteiger partial charge < -0.3 is 10.2 Å². The van der Waals surface area contributed by atoms with Crippen LogP contribution < -0.4 is 5.32 Å². The molecule has 0 spiro atoms. The zero-order chi connectivity index (χ0) is 22.1. The molecular formula is C26H35N3O2. The van der Waals surface area contributed by atoms with Crippen molar-refractivity contribution in [2.24, 2.45) is 5.92 Å². The van der Waals surface area contributed by atoms with Crippen molar-refractivity contribution in [3.05, 3.63) is 54.4 Å². The minimum atomic E-state index is 0.153. The smallest absolute Gasteiger partial charge is 0.222 e. The van der Waals surface area contributed by atoms with Gasteiger partial charge in [-0.05, 0) is 67.3 Å². The first-order chi connectivity index (χ1) is 15.0. The second-order valence-corrected chi connectivity index (χ2v) is 8.72. The maximum absolute atomic E-state index is 12.7. The SMILES string of the molecule is CCC[C@@H](C)NC(=O)CC1CCN(C(=O)CCc2cccc(-c3ccncc3)c2)CC1. The molecule has 1 N–H and O–H groups in total. The van der Waals surface area contributed by atoms with Gasteiger partial charge in [-0.25, -0.2) is 0 Å². The van der Waals surface area contributed by atoms with E-state index in [1.165, 1.54) is 5.56 Å². The summed E-state index contributed by atoms with van der Waals surface area (Å²) in [6, 6.07) is 12.6. The van der Waals surface area contributed by atoms with Gasteiger partial charge in [0, 0.05) is 44.4 Å². The van der Waals surface area contributed by atoms with Gasteiger partial charge in [-0.2, -0.15) is 0 Å². The first kappa shape index (κ1) is 23.0. The van der Waals surface area contributed by atoms with Crippen LogP contribution in [0.1, 0.15) is 57.9 Å². The van der Waals surface area contributed by atoms with Crippen LogP contribution in [0.5, 0.6) is 0 Å². The van der Waals surface area contributed by atoms with Crippen molar-refractivity contribution in [2.75, 3.05) is 13.1 Å². The second kappa shape index (κ2) is 11.6. The highest BCUT2D eigenvalue weighted by Crippen LogP contribution is 2.23. The normalized spacial score (nSPS) is 15.5. The Hall–Kier alpha value is -2.69. The lowest BCUT2D eigenvalue weighted by Gasteiger charge is -2.32. The summed E-state index contributed by atoms with van der Waals surface area (Å²) in [4.78, 5) is 31.0. The van der Waals surface area contributed by atoms with E-state index >= 15 is 0 Å². The standard InChI is InChI=1S/C26H35N3O2/c1-3-5-20(2)28-25(30)19-22-12-16-29(17-13-22)26(31)9-8-21-6-4-7-24(18-21)23-10-14-27-15-11-23/h4,6-7,10-11,14-15,18,20,22H,3,5,8-9,12-13,16-17,19H2,1-2H3,(H,28,30)/t20-/m1/s1. The minimum Gasteiger partial charge on any atom is -0.354 e. The molecule has 5 heteroatoms. The van der Waals surface area contributed by atoms with Crippen molar-refractivity contribution in [1.29, 1.82) is 0 Å². The highest BCUT2D eigenvalue weighted by atomic mass is 16.2. The van der Waals surface area contributed by atoms with Gasteiger partial charge in [-0.15, -0.1) is 0 Å². The van der Waals surface area contributed by atoms with E-state index in [1.807, 2.05) is 23.1 Å². The molecule has 5 nitrogen and oxygen atoms in total. The summed E-state index contributed by atoms with van der Waals surface area (Å²) in [6.45, 7) is 5.72. The molecule has 1 aliphatic rings. The molecule has 0 radical (unpaired) electrons. The van der Waals surface area contributed by atoms with E-state index in [0.717, 1.165) is 56.3 Å². The Balaban J connectivity index is 1.42. The number of nitrogens with zero attached hydrogens (tertiary/aromatic N) is 2. The fourth-order valence-electron chi connectivity index (χ4n) is 4.35. The third kappa shape index (κ3) is 7.20. The highest BCUT2D eigenvalue weighted by molar-refractivity contribution is 5.77. The molecule has 2 heterocycles. The van der Waals surface area contributed by atoms with Crippen LogP contribution in [-0.2, 0) is 16.0 Å². The molecule has 1 aromatic heterocycles. The molecule has 1 saturated heterocycles. The summed E-state index contributed by atoms with van der Waals surface area (Å²) >= 11 is 0. The summed E-state index contributed by atoms with van der Waals surface area (Å²) in [5.74, 6) is 0.753. The van der Waals surface area contributed by atoms with Crippen molar-refractivity contribution in [3.8, 4) is 11.1 Å². The van der Waals surface area contributed by atoms with Crippen LogP contribution in [0.3, 0.4) is 0 Å². The lowest BCUT2D eigenvalue weighted by atomic mass is 9.92. The molecule has 1 aliphatic heterocycles. The summed E-state index contributed by atoms with van der Waals surface area (Å²) in [5, 5.41) is 3.09.